The second-order valence-corrected chi connectivity index (χ2v) is 5.06. The van der Waals surface area contributed by atoms with E-state index in [0.29, 0.717) is 12.1 Å². The molecule has 18 heavy (non-hydrogen) atoms. The van der Waals surface area contributed by atoms with Crippen molar-refractivity contribution in [3.05, 3.63) is 5.69 Å². The molecular formula is C13H24N4O. The fraction of sp³-hybridized carbons (Fsp3) is 0.769. The molecule has 1 aromatic rings. The molecule has 2 rings (SSSR count). The molecule has 102 valence electrons. The average Bonchev–Trinajstić information content (AvgIpc) is 2.65. The predicted octanol–water partition coefficient (Wildman–Crippen LogP) is 1.80. The Hall–Kier alpha value is -1.23. The maximum atomic E-state index is 6.18. The van der Waals surface area contributed by atoms with Gasteiger partial charge in [0.1, 0.15) is 0 Å². The van der Waals surface area contributed by atoms with Gasteiger partial charge in [-0.1, -0.05) is 0 Å². The number of nitrogen functional groups attached to an aromatic ring is 1. The Morgan fingerprint density at radius 1 is 1.50 bits per heavy atom. The number of hydrogen-bond acceptors (Lipinski definition) is 4. The summed E-state index contributed by atoms with van der Waals surface area (Å²) in [4.78, 5) is 2.37. The minimum absolute atomic E-state index is 0.372. The van der Waals surface area contributed by atoms with E-state index in [-0.39, 0.29) is 0 Å². The highest BCUT2D eigenvalue weighted by Crippen LogP contribution is 2.32. The average molecular weight is 252 g/mol. The number of ether oxygens (including phenoxy) is 1. The third-order valence-electron chi connectivity index (χ3n) is 3.88. The van der Waals surface area contributed by atoms with Crippen LogP contribution in [-0.2, 0) is 11.3 Å². The number of anilines is 2. The number of aromatic nitrogens is 2. The lowest BCUT2D eigenvalue weighted by Crippen LogP contribution is -2.44. The number of hydrogen-bond donors (Lipinski definition) is 1. The molecule has 5 nitrogen and oxygen atoms in total. The van der Waals surface area contributed by atoms with Gasteiger partial charge in [0, 0.05) is 26.2 Å². The summed E-state index contributed by atoms with van der Waals surface area (Å²) in [7, 11) is 1.79. The minimum Gasteiger partial charge on any atom is -0.394 e. The zero-order valence-corrected chi connectivity index (χ0v) is 11.8. The van der Waals surface area contributed by atoms with Crippen molar-refractivity contribution < 1.29 is 4.74 Å². The smallest absolute Gasteiger partial charge is 0.150 e. The molecule has 0 aliphatic carbocycles. The normalized spacial score (nSPS) is 24.6. The summed E-state index contributed by atoms with van der Waals surface area (Å²) in [5.74, 6) is 1.08. The molecule has 1 saturated heterocycles. The first-order valence-corrected chi connectivity index (χ1v) is 6.70. The third kappa shape index (κ3) is 2.19. The lowest BCUT2D eigenvalue weighted by Gasteiger charge is -2.38. The highest BCUT2D eigenvalue weighted by molar-refractivity contribution is 5.66. The van der Waals surface area contributed by atoms with E-state index < -0.39 is 0 Å². The molecule has 5 heteroatoms. The van der Waals surface area contributed by atoms with Gasteiger partial charge in [0.2, 0.25) is 0 Å². The van der Waals surface area contributed by atoms with Crippen molar-refractivity contribution in [1.29, 1.82) is 0 Å². The number of piperidine rings is 1. The first kappa shape index (κ1) is 13.2. The van der Waals surface area contributed by atoms with Gasteiger partial charge in [0.05, 0.1) is 17.5 Å². The molecule has 0 bridgehead atoms. The van der Waals surface area contributed by atoms with E-state index in [0.717, 1.165) is 43.1 Å². The second kappa shape index (κ2) is 5.18. The Kier molecular flexibility index (Phi) is 3.80. The van der Waals surface area contributed by atoms with Crippen molar-refractivity contribution in [3.8, 4) is 0 Å². The Morgan fingerprint density at radius 3 is 2.78 bits per heavy atom. The molecule has 2 heterocycles. The van der Waals surface area contributed by atoms with Gasteiger partial charge in [-0.3, -0.25) is 0 Å². The summed E-state index contributed by atoms with van der Waals surface area (Å²) < 4.78 is 7.47. The zero-order valence-electron chi connectivity index (χ0n) is 11.8. The second-order valence-electron chi connectivity index (χ2n) is 5.06. The molecule has 0 amide bonds. The first-order chi connectivity index (χ1) is 8.58. The zero-order chi connectivity index (χ0) is 13.3. The molecule has 1 fully saturated rings. The van der Waals surface area contributed by atoms with Crippen LogP contribution < -0.4 is 10.6 Å². The standard InChI is InChI=1S/C13H24N4O/c1-5-17-13(12(14)10(3)15-17)16-7-6-11(18-4)8-9(16)2/h9,11H,5-8,14H2,1-4H3. The number of aryl methyl sites for hydroxylation is 2. The monoisotopic (exact) mass is 252 g/mol. The molecule has 0 saturated carbocycles. The molecule has 2 N–H and O–H groups in total. The largest absolute Gasteiger partial charge is 0.394 e. The number of nitrogens with zero attached hydrogens (tertiary/aromatic N) is 3. The number of rotatable bonds is 3. The predicted molar refractivity (Wildman–Crippen MR) is 73.9 cm³/mol. The summed E-state index contributed by atoms with van der Waals surface area (Å²) in [6.07, 6.45) is 2.47. The number of methoxy groups -OCH3 is 1. The van der Waals surface area contributed by atoms with E-state index in [2.05, 4.69) is 23.8 Å². The van der Waals surface area contributed by atoms with Crippen molar-refractivity contribution >= 4 is 11.5 Å². The molecule has 1 aromatic heterocycles. The molecule has 2 atom stereocenters. The fourth-order valence-corrected chi connectivity index (χ4v) is 2.76. The van der Waals surface area contributed by atoms with Crippen molar-refractivity contribution in [3.63, 3.8) is 0 Å². The highest BCUT2D eigenvalue weighted by Gasteiger charge is 2.29. The van der Waals surface area contributed by atoms with Crippen molar-refractivity contribution in [2.45, 2.75) is 52.3 Å². The van der Waals surface area contributed by atoms with Crippen LogP contribution in [0.5, 0.6) is 0 Å². The molecular weight excluding hydrogens is 228 g/mol. The quantitative estimate of drug-likeness (QED) is 0.891. The SMILES string of the molecule is CCn1nc(C)c(N)c1N1CCC(OC)CC1C. The van der Waals surface area contributed by atoms with Gasteiger partial charge >= 0.3 is 0 Å². The van der Waals surface area contributed by atoms with Crippen LogP contribution in [0.25, 0.3) is 0 Å². The van der Waals surface area contributed by atoms with Gasteiger partial charge in [-0.15, -0.1) is 0 Å². The van der Waals surface area contributed by atoms with Gasteiger partial charge in [-0.25, -0.2) is 4.68 Å². The van der Waals surface area contributed by atoms with Crippen molar-refractivity contribution in [1.82, 2.24) is 9.78 Å². The van der Waals surface area contributed by atoms with Crippen LogP contribution in [0.15, 0.2) is 0 Å². The summed E-state index contributed by atoms with van der Waals surface area (Å²) in [6.45, 7) is 8.13. The van der Waals surface area contributed by atoms with Gasteiger partial charge in [0.25, 0.3) is 0 Å². The maximum absolute atomic E-state index is 6.18. The molecule has 1 aliphatic rings. The Balaban J connectivity index is 2.26. The van der Waals surface area contributed by atoms with Crippen LogP contribution in [0.4, 0.5) is 11.5 Å². The van der Waals surface area contributed by atoms with Crippen LogP contribution in [0.1, 0.15) is 32.4 Å². The highest BCUT2D eigenvalue weighted by atomic mass is 16.5. The molecule has 0 aromatic carbocycles. The molecule has 2 unspecified atom stereocenters. The van der Waals surface area contributed by atoms with Gasteiger partial charge in [0.15, 0.2) is 5.82 Å². The molecule has 0 radical (unpaired) electrons. The van der Waals surface area contributed by atoms with Gasteiger partial charge in [-0.2, -0.15) is 5.10 Å². The van der Waals surface area contributed by atoms with Gasteiger partial charge in [-0.05, 0) is 33.6 Å². The topological polar surface area (TPSA) is 56.3 Å². The van der Waals surface area contributed by atoms with Crippen LogP contribution in [0.2, 0.25) is 0 Å². The van der Waals surface area contributed by atoms with E-state index in [1.165, 1.54) is 0 Å². The van der Waals surface area contributed by atoms with Crippen LogP contribution in [-0.4, -0.2) is 35.6 Å². The summed E-state index contributed by atoms with van der Waals surface area (Å²) in [5.41, 5.74) is 7.93. The summed E-state index contributed by atoms with van der Waals surface area (Å²) >= 11 is 0. The summed E-state index contributed by atoms with van der Waals surface area (Å²) in [5, 5.41) is 4.50. The lowest BCUT2D eigenvalue weighted by atomic mass is 10.0. The van der Waals surface area contributed by atoms with Crippen molar-refractivity contribution in [2.75, 3.05) is 24.3 Å². The number of nitrogens with two attached hydrogens (primary N) is 1. The Morgan fingerprint density at radius 2 is 2.22 bits per heavy atom. The van der Waals surface area contributed by atoms with E-state index in [1.807, 2.05) is 11.6 Å². The van der Waals surface area contributed by atoms with E-state index in [9.17, 15) is 0 Å². The van der Waals surface area contributed by atoms with E-state index in [4.69, 9.17) is 10.5 Å². The van der Waals surface area contributed by atoms with Crippen molar-refractivity contribution in [2.24, 2.45) is 0 Å². The Bertz CT molecular complexity index is 415. The third-order valence-corrected chi connectivity index (χ3v) is 3.88. The fourth-order valence-electron chi connectivity index (χ4n) is 2.76. The molecule has 1 aliphatic heterocycles. The van der Waals surface area contributed by atoms with Crippen LogP contribution in [0.3, 0.4) is 0 Å². The molecule has 0 spiro atoms. The Labute approximate surface area is 109 Å². The minimum atomic E-state index is 0.372. The lowest BCUT2D eigenvalue weighted by molar-refractivity contribution is 0.0718. The van der Waals surface area contributed by atoms with E-state index in [1.54, 1.807) is 7.11 Å². The van der Waals surface area contributed by atoms with E-state index >= 15 is 0 Å². The first-order valence-electron chi connectivity index (χ1n) is 6.70. The summed E-state index contributed by atoms with van der Waals surface area (Å²) in [6, 6.07) is 0.437. The van der Waals surface area contributed by atoms with Crippen LogP contribution >= 0.6 is 0 Å². The van der Waals surface area contributed by atoms with Gasteiger partial charge < -0.3 is 15.4 Å². The van der Waals surface area contributed by atoms with Crippen LogP contribution in [0, 0.1) is 6.92 Å². The maximum Gasteiger partial charge on any atom is 0.150 e.